The summed E-state index contributed by atoms with van der Waals surface area (Å²) in [4.78, 5) is 9.76. The number of furan rings is 1. The number of rotatable bonds is 8. The van der Waals surface area contributed by atoms with E-state index in [1.807, 2.05) is 80.7 Å². The van der Waals surface area contributed by atoms with Crippen molar-refractivity contribution >= 4 is 50.6 Å². The van der Waals surface area contributed by atoms with Gasteiger partial charge in [-0.3, -0.25) is 4.98 Å². The van der Waals surface area contributed by atoms with Crippen LogP contribution in [0.2, 0.25) is 17.3 Å². The number of nitrogens with zero attached hydrogens (tertiary/aromatic N) is 3. The van der Waals surface area contributed by atoms with Gasteiger partial charge in [0.25, 0.3) is 0 Å². The first kappa shape index (κ1) is 39.3. The minimum Gasteiger partial charge on any atom is -0.501 e. The Morgan fingerprint density at radius 1 is 0.689 bits per heavy atom. The summed E-state index contributed by atoms with van der Waals surface area (Å²) in [5, 5.41) is 2.15. The Hall–Kier alpha value is -5.85. The Balaban J connectivity index is 0.000000203. The molecule has 7 aromatic carbocycles. The van der Waals surface area contributed by atoms with Gasteiger partial charge in [0.05, 0.1) is 22.4 Å². The molecule has 6 heteroatoms. The van der Waals surface area contributed by atoms with Crippen molar-refractivity contribution in [3.63, 3.8) is 0 Å². The normalized spacial score (nSPS) is 12.2. The summed E-state index contributed by atoms with van der Waals surface area (Å²) >= 11 is -2.20. The van der Waals surface area contributed by atoms with E-state index in [2.05, 4.69) is 148 Å². The van der Waals surface area contributed by atoms with Crippen molar-refractivity contribution in [1.29, 1.82) is 0 Å². The number of benzene rings is 7. The monoisotopic (exact) mass is 1030 g/mol. The number of para-hydroxylation sites is 3. The van der Waals surface area contributed by atoms with Crippen molar-refractivity contribution in [1.82, 2.24) is 14.5 Å². The third-order valence-corrected chi connectivity index (χ3v) is 14.9. The smallest absolute Gasteiger partial charge is 0.120 e. The van der Waals surface area contributed by atoms with E-state index < -0.39 is 19.6 Å². The maximum Gasteiger partial charge on any atom is 0.120 e. The average molecular weight is 1030 g/mol. The molecule has 3 aromatic heterocycles. The van der Waals surface area contributed by atoms with Gasteiger partial charge in [-0.15, -0.1) is 18.2 Å². The maximum absolute atomic E-state index is 8.56. The van der Waals surface area contributed by atoms with Crippen LogP contribution in [-0.4, -0.2) is 27.8 Å². The molecule has 1 radical (unpaired) electrons. The van der Waals surface area contributed by atoms with Crippen LogP contribution in [0, 0.1) is 18.1 Å². The van der Waals surface area contributed by atoms with Crippen LogP contribution in [0.4, 0.5) is 0 Å². The second-order valence-corrected chi connectivity index (χ2v) is 26.9. The summed E-state index contributed by atoms with van der Waals surface area (Å²) in [5.41, 5.74) is 12.7. The molecule has 0 amide bonds. The summed E-state index contributed by atoms with van der Waals surface area (Å²) in [7, 11) is 0. The van der Waals surface area contributed by atoms with Crippen molar-refractivity contribution in [2.75, 3.05) is 0 Å². The van der Waals surface area contributed by atoms with Gasteiger partial charge >= 0.3 is 128 Å². The second-order valence-electron chi connectivity index (χ2n) is 16.4. The topological polar surface area (TPSA) is 43.9 Å². The third kappa shape index (κ3) is 8.69. The van der Waals surface area contributed by atoms with Crippen molar-refractivity contribution in [3.05, 3.63) is 194 Å². The zero-order valence-corrected chi connectivity index (χ0v) is 39.4. The van der Waals surface area contributed by atoms with Crippen molar-refractivity contribution < 1.29 is 27.3 Å². The number of fused-ring (bicyclic) bond motifs is 4. The zero-order valence-electron chi connectivity index (χ0n) is 36.9. The van der Waals surface area contributed by atoms with E-state index in [0.717, 1.165) is 82.4 Å². The molecule has 0 N–H and O–H groups in total. The predicted octanol–water partition coefficient (Wildman–Crippen LogP) is 14.0. The molecule has 3 heterocycles. The van der Waals surface area contributed by atoms with E-state index in [4.69, 9.17) is 12.1 Å². The molecule has 0 aliphatic heterocycles. The first-order chi connectivity index (χ1) is 30.0. The van der Waals surface area contributed by atoms with E-state index >= 15 is 0 Å². The average Bonchev–Trinajstić information content (AvgIpc) is 3.88. The number of pyridine rings is 1. The van der Waals surface area contributed by atoms with Gasteiger partial charge in [0.15, 0.2) is 0 Å². The molecular weight excluding hydrogens is 983 g/mol. The van der Waals surface area contributed by atoms with Crippen LogP contribution in [0.3, 0.4) is 0 Å². The summed E-state index contributed by atoms with van der Waals surface area (Å²) in [5.74, 6) is 7.57. The van der Waals surface area contributed by atoms with E-state index in [0.29, 0.717) is 0 Å². The van der Waals surface area contributed by atoms with Gasteiger partial charge in [-0.1, -0.05) is 108 Å². The second kappa shape index (κ2) is 18.0. The van der Waals surface area contributed by atoms with E-state index in [1.54, 1.807) is 0 Å². The van der Waals surface area contributed by atoms with Crippen LogP contribution in [0.5, 0.6) is 0 Å². The SMILES string of the molecule is [2H]C([2H])(c1cc(-c2[c-]cccc2)nc[c]1[Ge]([CH3])([CH3])[CH3])C(C)C.[Ir].[c-]1ccc2c(oc3ccccc32)c1-c1nc2ccccc2n1-c1ccc(-c2ccccc2)cc1-c1ccccc1. The summed E-state index contributed by atoms with van der Waals surface area (Å²) in [6.07, 6.45) is 0.562. The molecule has 0 spiro atoms. The summed E-state index contributed by atoms with van der Waals surface area (Å²) in [6.45, 7) is 3.88. The molecule has 0 unspecified atom stereocenters. The Morgan fingerprint density at radius 2 is 1.39 bits per heavy atom. The molecule has 0 aliphatic rings. The summed E-state index contributed by atoms with van der Waals surface area (Å²) in [6, 6.07) is 64.6. The first-order valence-corrected chi connectivity index (χ1v) is 27.9. The Kier molecular flexibility index (Phi) is 11.6. The van der Waals surface area contributed by atoms with Gasteiger partial charge in [0.1, 0.15) is 5.58 Å². The van der Waals surface area contributed by atoms with E-state index in [1.165, 1.54) is 11.1 Å². The maximum atomic E-state index is 8.56. The van der Waals surface area contributed by atoms with Gasteiger partial charge < -0.3 is 8.98 Å². The van der Waals surface area contributed by atoms with Crippen LogP contribution < -0.4 is 4.40 Å². The van der Waals surface area contributed by atoms with Gasteiger partial charge in [-0.25, -0.2) is 0 Å². The molecular formula is C55H47GeIrN3O-2. The fourth-order valence-corrected chi connectivity index (χ4v) is 10.8. The molecule has 10 rings (SSSR count). The molecule has 0 aliphatic carbocycles. The molecule has 0 fully saturated rings. The standard InChI is InChI=1S/C37H23N2O.C18H24GeN.Ir/c1-3-12-25(13-4-1)27-22-23-33(31(24-27)26-14-5-2-6-15-26)39-34-20-9-8-19-32(34)38-37(39)30-18-11-17-29-28-16-7-10-21-35(28)40-36(29)30;1-14(2)11-16-12-18(15-9-7-6-8-10-15)20-13-17(16)19(3,4)5;/h1-17,19-24H;6-9,12-14H,11H2,1-5H3;/q2*-1;/i;11D2;. The van der Waals surface area contributed by atoms with Crippen molar-refractivity contribution in [3.8, 4) is 50.6 Å². The largest absolute Gasteiger partial charge is 0.501 e. The number of hydrogen-bond acceptors (Lipinski definition) is 3. The molecule has 303 valence electrons. The van der Waals surface area contributed by atoms with Crippen LogP contribution in [0.15, 0.2) is 180 Å². The fourth-order valence-electron chi connectivity index (χ4n) is 7.87. The Labute approximate surface area is 377 Å². The van der Waals surface area contributed by atoms with E-state index in [9.17, 15) is 0 Å². The Morgan fingerprint density at radius 3 is 2.13 bits per heavy atom. The molecule has 0 atom stereocenters. The first-order valence-electron chi connectivity index (χ1n) is 21.5. The number of aromatic nitrogens is 3. The summed E-state index contributed by atoms with van der Waals surface area (Å²) < 4.78 is 27.0. The van der Waals surface area contributed by atoms with Crippen LogP contribution in [0.1, 0.15) is 22.2 Å². The van der Waals surface area contributed by atoms with Gasteiger partial charge in [-0.05, 0) is 47.0 Å². The molecule has 4 nitrogen and oxygen atoms in total. The van der Waals surface area contributed by atoms with Crippen molar-refractivity contribution in [2.45, 2.75) is 37.5 Å². The minimum absolute atomic E-state index is 0. The third-order valence-electron chi connectivity index (χ3n) is 10.7. The van der Waals surface area contributed by atoms with E-state index in [-0.39, 0.29) is 26.0 Å². The number of hydrogen-bond donors (Lipinski definition) is 0. The van der Waals surface area contributed by atoms with Crippen LogP contribution in [-0.2, 0) is 26.5 Å². The molecule has 10 aromatic rings. The number of imidazole rings is 1. The molecule has 0 bridgehead atoms. The van der Waals surface area contributed by atoms with Crippen LogP contribution in [0.25, 0.3) is 83.6 Å². The Bertz CT molecular complexity index is 3180. The van der Waals surface area contributed by atoms with Gasteiger partial charge in [0, 0.05) is 36.7 Å². The van der Waals surface area contributed by atoms with Crippen LogP contribution >= 0.6 is 0 Å². The molecule has 0 saturated heterocycles. The molecule has 61 heavy (non-hydrogen) atoms. The fraction of sp³-hybridized carbons (Fsp3) is 0.127. The van der Waals surface area contributed by atoms with Gasteiger partial charge in [0.2, 0.25) is 0 Å². The van der Waals surface area contributed by atoms with Gasteiger partial charge in [-0.2, -0.15) is 0 Å². The predicted molar refractivity (Wildman–Crippen MR) is 254 cm³/mol. The molecule has 0 saturated carbocycles. The zero-order chi connectivity index (χ0) is 43.0. The quantitative estimate of drug-likeness (QED) is 0.113. The minimum atomic E-state index is -2.20. The van der Waals surface area contributed by atoms with Crippen molar-refractivity contribution in [2.24, 2.45) is 5.92 Å².